The average Bonchev–Trinajstić information content (AvgIpc) is 2.98. The zero-order valence-electron chi connectivity index (χ0n) is 15.3. The van der Waals surface area contributed by atoms with Gasteiger partial charge in [0.15, 0.2) is 5.82 Å². The van der Waals surface area contributed by atoms with E-state index in [-0.39, 0.29) is 36.8 Å². The first-order chi connectivity index (χ1) is 11.4. The van der Waals surface area contributed by atoms with Crippen molar-refractivity contribution in [1.29, 1.82) is 0 Å². The fourth-order valence-electron chi connectivity index (χ4n) is 2.77. The van der Waals surface area contributed by atoms with E-state index in [1.807, 2.05) is 31.9 Å². The first kappa shape index (κ1) is 22.4. The highest BCUT2D eigenvalue weighted by Gasteiger charge is 2.29. The van der Waals surface area contributed by atoms with E-state index in [1.165, 1.54) is 0 Å². The SMILES string of the molecule is CC(C)c1nc(CCN(C)c2cc(C3CC(N)C3)nc(N)n2)no1.Cl.Cl. The lowest BCUT2D eigenvalue weighted by Gasteiger charge is -2.32. The highest BCUT2D eigenvalue weighted by molar-refractivity contribution is 5.85. The number of hydrogen-bond acceptors (Lipinski definition) is 8. The van der Waals surface area contributed by atoms with Crippen LogP contribution < -0.4 is 16.4 Å². The smallest absolute Gasteiger partial charge is 0.229 e. The first-order valence-corrected chi connectivity index (χ1v) is 8.36. The van der Waals surface area contributed by atoms with Crippen LogP contribution in [0.4, 0.5) is 11.8 Å². The van der Waals surface area contributed by atoms with Crippen molar-refractivity contribution in [1.82, 2.24) is 20.1 Å². The summed E-state index contributed by atoms with van der Waals surface area (Å²) in [5, 5.41) is 4.01. The molecule has 2 heterocycles. The van der Waals surface area contributed by atoms with Crippen molar-refractivity contribution in [3.63, 3.8) is 0 Å². The minimum atomic E-state index is 0. The number of nitrogens with two attached hydrogens (primary N) is 2. The van der Waals surface area contributed by atoms with Gasteiger partial charge in [-0.25, -0.2) is 4.98 Å². The quantitative estimate of drug-likeness (QED) is 0.753. The summed E-state index contributed by atoms with van der Waals surface area (Å²) in [7, 11) is 1.97. The minimum absolute atomic E-state index is 0. The van der Waals surface area contributed by atoms with Gasteiger partial charge in [-0.2, -0.15) is 9.97 Å². The van der Waals surface area contributed by atoms with Crippen LogP contribution in [0.1, 0.15) is 55.9 Å². The van der Waals surface area contributed by atoms with E-state index in [4.69, 9.17) is 16.0 Å². The molecule has 0 atom stereocenters. The molecule has 4 N–H and O–H groups in total. The highest BCUT2D eigenvalue weighted by atomic mass is 35.5. The zero-order valence-corrected chi connectivity index (χ0v) is 16.9. The molecule has 2 aromatic heterocycles. The Morgan fingerprint density at radius 1 is 1.23 bits per heavy atom. The van der Waals surface area contributed by atoms with Gasteiger partial charge in [0.2, 0.25) is 11.8 Å². The van der Waals surface area contributed by atoms with Gasteiger partial charge in [0.25, 0.3) is 0 Å². The fraction of sp³-hybridized carbons (Fsp3) is 0.625. The van der Waals surface area contributed by atoms with Crippen molar-refractivity contribution in [2.45, 2.75) is 51.0 Å². The molecule has 0 aliphatic heterocycles. The van der Waals surface area contributed by atoms with Crippen LogP contribution in [0.3, 0.4) is 0 Å². The fourth-order valence-corrected chi connectivity index (χ4v) is 2.77. The van der Waals surface area contributed by atoms with Crippen LogP contribution in [0.15, 0.2) is 10.6 Å². The summed E-state index contributed by atoms with van der Waals surface area (Å²) >= 11 is 0. The maximum atomic E-state index is 5.87. The predicted molar refractivity (Wildman–Crippen MR) is 106 cm³/mol. The molecule has 0 radical (unpaired) electrons. The lowest BCUT2D eigenvalue weighted by Crippen LogP contribution is -2.35. The summed E-state index contributed by atoms with van der Waals surface area (Å²) in [5.74, 6) is 3.12. The molecule has 0 bridgehead atoms. The van der Waals surface area contributed by atoms with Gasteiger partial charge >= 0.3 is 0 Å². The van der Waals surface area contributed by atoms with E-state index in [2.05, 4.69) is 20.1 Å². The summed E-state index contributed by atoms with van der Waals surface area (Å²) in [6.45, 7) is 4.78. The standard InChI is InChI=1S/C16H25N7O.2ClH/c1-9(2)15-20-13(22-24-15)4-5-23(3)14-8-12(19-16(18)21-14)10-6-11(17)7-10;;/h8-11H,4-7,17H2,1-3H3,(H2,18,19,21);2*1H. The van der Waals surface area contributed by atoms with Crippen LogP contribution in [0, 0.1) is 0 Å². The lowest BCUT2D eigenvalue weighted by atomic mass is 9.78. The number of halogens is 2. The van der Waals surface area contributed by atoms with Crippen LogP contribution in [-0.4, -0.2) is 39.7 Å². The third-order valence-corrected chi connectivity index (χ3v) is 4.38. The minimum Gasteiger partial charge on any atom is -0.368 e. The van der Waals surface area contributed by atoms with Crippen LogP contribution in [-0.2, 0) is 6.42 Å². The third-order valence-electron chi connectivity index (χ3n) is 4.38. The van der Waals surface area contributed by atoms with Crippen molar-refractivity contribution in [3.8, 4) is 0 Å². The maximum Gasteiger partial charge on any atom is 0.229 e. The molecule has 0 unspecified atom stereocenters. The largest absolute Gasteiger partial charge is 0.368 e. The van der Waals surface area contributed by atoms with E-state index in [9.17, 15) is 0 Å². The van der Waals surface area contributed by atoms with Gasteiger partial charge in [0, 0.05) is 44.0 Å². The lowest BCUT2D eigenvalue weighted by molar-refractivity contribution is 0.345. The monoisotopic (exact) mass is 403 g/mol. The van der Waals surface area contributed by atoms with E-state index < -0.39 is 0 Å². The summed E-state index contributed by atoms with van der Waals surface area (Å²) in [6.07, 6.45) is 2.60. The van der Waals surface area contributed by atoms with Gasteiger partial charge in [-0.1, -0.05) is 19.0 Å². The molecule has 1 aliphatic rings. The molecule has 0 aromatic carbocycles. The Labute approximate surface area is 166 Å². The van der Waals surface area contributed by atoms with Crippen molar-refractivity contribution in [2.75, 3.05) is 24.2 Å². The number of nitrogen functional groups attached to an aromatic ring is 1. The molecular formula is C16H27Cl2N7O. The van der Waals surface area contributed by atoms with E-state index >= 15 is 0 Å². The number of aromatic nitrogens is 4. The molecule has 1 aliphatic carbocycles. The van der Waals surface area contributed by atoms with Crippen LogP contribution in [0.5, 0.6) is 0 Å². The highest BCUT2D eigenvalue weighted by Crippen LogP contribution is 2.35. The van der Waals surface area contributed by atoms with Gasteiger partial charge in [0.05, 0.1) is 5.69 Å². The van der Waals surface area contributed by atoms with Gasteiger partial charge in [-0.3, -0.25) is 0 Å². The number of nitrogens with zero attached hydrogens (tertiary/aromatic N) is 5. The molecule has 0 amide bonds. The molecule has 2 aromatic rings. The summed E-state index contributed by atoms with van der Waals surface area (Å²) in [5.41, 5.74) is 12.7. The van der Waals surface area contributed by atoms with Crippen LogP contribution in [0.2, 0.25) is 0 Å². The molecule has 26 heavy (non-hydrogen) atoms. The number of likely N-dealkylation sites (N-methyl/N-ethyl adjacent to an activating group) is 1. The number of anilines is 2. The summed E-state index contributed by atoms with van der Waals surface area (Å²) in [4.78, 5) is 15.1. The van der Waals surface area contributed by atoms with E-state index in [0.717, 1.165) is 30.9 Å². The normalized spacial score (nSPS) is 18.7. The average molecular weight is 404 g/mol. The molecule has 10 heteroatoms. The molecule has 8 nitrogen and oxygen atoms in total. The Balaban J connectivity index is 0.00000169. The number of hydrogen-bond donors (Lipinski definition) is 2. The Bertz CT molecular complexity index is 704. The van der Waals surface area contributed by atoms with Crippen molar-refractivity contribution >= 4 is 36.6 Å². The maximum absolute atomic E-state index is 5.87. The van der Waals surface area contributed by atoms with E-state index in [0.29, 0.717) is 30.0 Å². The second-order valence-corrected chi connectivity index (χ2v) is 6.81. The number of rotatable bonds is 6. The van der Waals surface area contributed by atoms with Crippen molar-refractivity contribution < 1.29 is 4.52 Å². The Morgan fingerprint density at radius 2 is 1.92 bits per heavy atom. The van der Waals surface area contributed by atoms with Crippen molar-refractivity contribution in [3.05, 3.63) is 23.5 Å². The Hall–Kier alpha value is -1.64. The molecule has 0 spiro atoms. The van der Waals surface area contributed by atoms with Gasteiger partial charge in [-0.15, -0.1) is 24.8 Å². The molecular weight excluding hydrogens is 377 g/mol. The summed E-state index contributed by atoms with van der Waals surface area (Å²) in [6, 6.07) is 2.28. The Kier molecular flexibility index (Phi) is 8.05. The topological polar surface area (TPSA) is 120 Å². The third kappa shape index (κ3) is 5.18. The molecule has 3 rings (SSSR count). The van der Waals surface area contributed by atoms with Gasteiger partial charge < -0.3 is 20.9 Å². The Morgan fingerprint density at radius 3 is 2.50 bits per heavy atom. The molecule has 146 valence electrons. The zero-order chi connectivity index (χ0) is 17.3. The van der Waals surface area contributed by atoms with E-state index in [1.54, 1.807) is 0 Å². The second-order valence-electron chi connectivity index (χ2n) is 6.81. The van der Waals surface area contributed by atoms with Gasteiger partial charge in [0.1, 0.15) is 5.82 Å². The van der Waals surface area contributed by atoms with Gasteiger partial charge in [-0.05, 0) is 12.8 Å². The van der Waals surface area contributed by atoms with Crippen molar-refractivity contribution in [2.24, 2.45) is 5.73 Å². The second kappa shape index (κ2) is 9.34. The van der Waals surface area contributed by atoms with Crippen LogP contribution >= 0.6 is 24.8 Å². The first-order valence-electron chi connectivity index (χ1n) is 8.36. The van der Waals surface area contributed by atoms with Crippen LogP contribution in [0.25, 0.3) is 0 Å². The predicted octanol–water partition coefficient (Wildman–Crippen LogP) is 2.29. The summed E-state index contributed by atoms with van der Waals surface area (Å²) < 4.78 is 5.23. The molecule has 1 saturated carbocycles. The molecule has 1 fully saturated rings. The molecule has 0 saturated heterocycles.